The lowest BCUT2D eigenvalue weighted by Gasteiger charge is -1.88. The topological polar surface area (TPSA) is 59.4 Å². The van der Waals surface area contributed by atoms with Crippen LogP contribution in [0.5, 0.6) is 0 Å². The van der Waals surface area contributed by atoms with Crippen molar-refractivity contribution < 1.29 is 14.6 Å². The fraction of sp³-hybridized carbons (Fsp3) is 0.250. The molecule has 5 heteroatoms. The monoisotopic (exact) mass is 199 g/mol. The molecule has 0 aromatic carbocycles. The maximum Gasteiger partial charge on any atom is 0.328 e. The van der Waals surface area contributed by atoms with Crippen molar-refractivity contribution in [2.75, 3.05) is 7.11 Å². The van der Waals surface area contributed by atoms with Gasteiger partial charge in [-0.05, 0) is 6.08 Å². The van der Waals surface area contributed by atoms with Gasteiger partial charge in [-0.3, -0.25) is 0 Å². The first-order chi connectivity index (χ1) is 6.22. The summed E-state index contributed by atoms with van der Waals surface area (Å²) >= 11 is 1.41. The molecule has 0 fully saturated rings. The van der Waals surface area contributed by atoms with Crippen LogP contribution in [0.4, 0.5) is 0 Å². The third-order valence-electron chi connectivity index (χ3n) is 1.23. The Labute approximate surface area is 79.5 Å². The van der Waals surface area contributed by atoms with Gasteiger partial charge in [0.25, 0.3) is 0 Å². The zero-order chi connectivity index (χ0) is 9.68. The molecule has 0 bridgehead atoms. The lowest BCUT2D eigenvalue weighted by atomic mass is 10.4. The summed E-state index contributed by atoms with van der Waals surface area (Å²) in [7, 11) is 1.59. The number of aromatic nitrogens is 1. The highest BCUT2D eigenvalue weighted by Gasteiger charge is 1.98. The van der Waals surface area contributed by atoms with Crippen LogP contribution in [0.1, 0.15) is 9.88 Å². The van der Waals surface area contributed by atoms with Gasteiger partial charge in [0.05, 0.1) is 6.61 Å². The van der Waals surface area contributed by atoms with Crippen LogP contribution in [0.25, 0.3) is 6.08 Å². The van der Waals surface area contributed by atoms with Crippen molar-refractivity contribution in [3.05, 3.63) is 22.2 Å². The number of ether oxygens (including phenoxy) is 1. The summed E-state index contributed by atoms with van der Waals surface area (Å²) in [4.78, 5) is 15.0. The minimum absolute atomic E-state index is 0.464. The maximum absolute atomic E-state index is 10.2. The van der Waals surface area contributed by atoms with Crippen molar-refractivity contribution in [2.45, 2.75) is 6.61 Å². The van der Waals surface area contributed by atoms with Crippen LogP contribution in [0.2, 0.25) is 0 Å². The van der Waals surface area contributed by atoms with E-state index in [1.54, 1.807) is 13.3 Å². The van der Waals surface area contributed by atoms with Gasteiger partial charge in [0.15, 0.2) is 0 Å². The van der Waals surface area contributed by atoms with Crippen LogP contribution in [-0.2, 0) is 16.1 Å². The minimum atomic E-state index is -0.957. The molecule has 1 aromatic rings. The quantitative estimate of drug-likeness (QED) is 0.744. The molecule has 1 heterocycles. The molecule has 0 aliphatic carbocycles. The highest BCUT2D eigenvalue weighted by atomic mass is 32.1. The standard InChI is InChI=1S/C8H9NO3S/c1-12-5-7-9-4-6(13-7)2-3-8(10)11/h2-4H,5H2,1H3,(H,10,11)/b3-2+. The zero-order valence-corrected chi connectivity index (χ0v) is 7.87. The molecule has 1 rings (SSSR count). The predicted molar refractivity (Wildman–Crippen MR) is 49.5 cm³/mol. The lowest BCUT2D eigenvalue weighted by molar-refractivity contribution is -0.131. The van der Waals surface area contributed by atoms with Crippen molar-refractivity contribution in [2.24, 2.45) is 0 Å². The summed E-state index contributed by atoms with van der Waals surface area (Å²) in [5, 5.41) is 9.20. The molecule has 1 N–H and O–H groups in total. The first kappa shape index (κ1) is 9.88. The van der Waals surface area contributed by atoms with Gasteiger partial charge in [0, 0.05) is 24.3 Å². The average Bonchev–Trinajstić information content (AvgIpc) is 2.50. The molecule has 0 atom stereocenters. The molecule has 4 nitrogen and oxygen atoms in total. The van der Waals surface area contributed by atoms with Crippen LogP contribution in [0.15, 0.2) is 12.3 Å². The SMILES string of the molecule is COCc1ncc(/C=C/C(=O)O)s1. The summed E-state index contributed by atoms with van der Waals surface area (Å²) in [5.41, 5.74) is 0. The molecule has 0 amide bonds. The van der Waals surface area contributed by atoms with Crippen molar-refractivity contribution >= 4 is 23.4 Å². The molecular weight excluding hydrogens is 190 g/mol. The molecule has 0 saturated heterocycles. The Bertz CT molecular complexity index is 319. The number of nitrogens with zero attached hydrogens (tertiary/aromatic N) is 1. The number of hydrogen-bond donors (Lipinski definition) is 1. The van der Waals surface area contributed by atoms with Crippen LogP contribution in [0, 0.1) is 0 Å². The van der Waals surface area contributed by atoms with Gasteiger partial charge < -0.3 is 9.84 Å². The van der Waals surface area contributed by atoms with E-state index in [-0.39, 0.29) is 0 Å². The van der Waals surface area contributed by atoms with Crippen LogP contribution in [-0.4, -0.2) is 23.2 Å². The Hall–Kier alpha value is -1.20. The Morgan fingerprint density at radius 3 is 3.23 bits per heavy atom. The Morgan fingerprint density at radius 2 is 2.62 bits per heavy atom. The van der Waals surface area contributed by atoms with E-state index in [0.717, 1.165) is 16.0 Å². The Morgan fingerprint density at radius 1 is 1.85 bits per heavy atom. The molecule has 0 aliphatic heterocycles. The lowest BCUT2D eigenvalue weighted by Crippen LogP contribution is -1.84. The fourth-order valence-electron chi connectivity index (χ4n) is 0.745. The third-order valence-corrected chi connectivity index (χ3v) is 2.17. The van der Waals surface area contributed by atoms with Gasteiger partial charge in [-0.2, -0.15) is 0 Å². The van der Waals surface area contributed by atoms with Gasteiger partial charge >= 0.3 is 5.97 Å². The minimum Gasteiger partial charge on any atom is -0.478 e. The molecular formula is C8H9NO3S. The first-order valence-electron chi connectivity index (χ1n) is 3.57. The van der Waals surface area contributed by atoms with Gasteiger partial charge in [0.2, 0.25) is 0 Å². The molecule has 0 spiro atoms. The summed E-state index contributed by atoms with van der Waals surface area (Å²) in [6.45, 7) is 0.464. The van der Waals surface area contributed by atoms with Crippen LogP contribution in [0.3, 0.4) is 0 Å². The van der Waals surface area contributed by atoms with E-state index in [1.807, 2.05) is 0 Å². The van der Waals surface area contributed by atoms with E-state index in [1.165, 1.54) is 17.4 Å². The normalized spacial score (nSPS) is 10.8. The summed E-state index contributed by atoms with van der Waals surface area (Å²) in [5.74, 6) is -0.957. The van der Waals surface area contributed by atoms with Gasteiger partial charge in [-0.25, -0.2) is 9.78 Å². The fourth-order valence-corrected chi connectivity index (χ4v) is 1.54. The summed E-state index contributed by atoms with van der Waals surface area (Å²) < 4.78 is 4.87. The van der Waals surface area contributed by atoms with Crippen LogP contribution >= 0.6 is 11.3 Å². The number of hydrogen-bond acceptors (Lipinski definition) is 4. The second-order valence-corrected chi connectivity index (χ2v) is 3.41. The Kier molecular flexibility index (Phi) is 3.60. The second kappa shape index (κ2) is 4.74. The highest BCUT2D eigenvalue weighted by Crippen LogP contribution is 2.14. The molecule has 1 aromatic heterocycles. The largest absolute Gasteiger partial charge is 0.478 e. The molecule has 0 radical (unpaired) electrons. The smallest absolute Gasteiger partial charge is 0.328 e. The van der Waals surface area contributed by atoms with E-state index in [2.05, 4.69) is 4.98 Å². The van der Waals surface area contributed by atoms with E-state index in [0.29, 0.717) is 6.61 Å². The Balaban J connectivity index is 2.63. The summed E-state index contributed by atoms with van der Waals surface area (Å²) in [6, 6.07) is 0. The third kappa shape index (κ3) is 3.35. The number of methoxy groups -OCH3 is 1. The number of carboxylic acid groups (broad SMARTS) is 1. The first-order valence-corrected chi connectivity index (χ1v) is 4.38. The molecule has 0 saturated carbocycles. The van der Waals surface area contributed by atoms with E-state index in [4.69, 9.17) is 9.84 Å². The van der Waals surface area contributed by atoms with E-state index in [9.17, 15) is 4.79 Å². The van der Waals surface area contributed by atoms with Crippen LogP contribution < -0.4 is 0 Å². The number of thiazole rings is 1. The number of carboxylic acids is 1. The van der Waals surface area contributed by atoms with E-state index >= 15 is 0 Å². The van der Waals surface area contributed by atoms with Crippen molar-refractivity contribution in [3.8, 4) is 0 Å². The van der Waals surface area contributed by atoms with Gasteiger partial charge in [-0.1, -0.05) is 0 Å². The van der Waals surface area contributed by atoms with Crippen molar-refractivity contribution in [1.82, 2.24) is 4.98 Å². The predicted octanol–water partition coefficient (Wildman–Crippen LogP) is 1.39. The number of rotatable bonds is 4. The van der Waals surface area contributed by atoms with E-state index < -0.39 is 5.97 Å². The van der Waals surface area contributed by atoms with Gasteiger partial charge in [-0.15, -0.1) is 11.3 Å². The average molecular weight is 199 g/mol. The van der Waals surface area contributed by atoms with Gasteiger partial charge in [0.1, 0.15) is 5.01 Å². The number of aliphatic carboxylic acids is 1. The second-order valence-electron chi connectivity index (χ2n) is 2.26. The molecule has 0 unspecified atom stereocenters. The maximum atomic E-state index is 10.2. The summed E-state index contributed by atoms with van der Waals surface area (Å²) in [6.07, 6.45) is 4.22. The molecule has 70 valence electrons. The van der Waals surface area contributed by atoms with Crippen molar-refractivity contribution in [3.63, 3.8) is 0 Å². The molecule has 13 heavy (non-hydrogen) atoms. The van der Waals surface area contributed by atoms with Crippen molar-refractivity contribution in [1.29, 1.82) is 0 Å². The highest BCUT2D eigenvalue weighted by molar-refractivity contribution is 7.12. The molecule has 0 aliphatic rings. The number of carbonyl (C=O) groups is 1. The zero-order valence-electron chi connectivity index (χ0n) is 7.06.